The van der Waals surface area contributed by atoms with E-state index in [0.29, 0.717) is 13.1 Å². The molecule has 174 valence electrons. The van der Waals surface area contributed by atoms with Crippen LogP contribution >= 0.6 is 24.4 Å². The van der Waals surface area contributed by atoms with Crippen LogP contribution in [0.1, 0.15) is 18.1 Å². The maximum atomic E-state index is 5.68. The lowest BCUT2D eigenvalue weighted by Gasteiger charge is -2.42. The molecule has 0 saturated carbocycles. The topological polar surface area (TPSA) is 67.5 Å². The number of nitrogens with zero attached hydrogens (tertiary/aromatic N) is 2. The van der Waals surface area contributed by atoms with Crippen LogP contribution in [0.4, 0.5) is 0 Å². The summed E-state index contributed by atoms with van der Waals surface area (Å²) in [4.78, 5) is 4.42. The number of rotatable bonds is 4. The van der Waals surface area contributed by atoms with Crippen molar-refractivity contribution in [1.82, 2.24) is 20.4 Å². The standard InChI is InChI=1S/C23H26N4O4S2/c1-15-12-26(22(32)24-10-16-2-4-18-20(8-16)30-13-28-18)6-7-27(15)23(33)25-11-17-3-5-19-21(9-17)31-14-29-19/h2-5,8-9,15H,6-7,10-14H2,1H3,(H,24,32)(H,25,33). The molecule has 0 amide bonds. The van der Waals surface area contributed by atoms with E-state index in [1.807, 2.05) is 36.4 Å². The zero-order chi connectivity index (χ0) is 22.8. The van der Waals surface area contributed by atoms with Crippen molar-refractivity contribution in [2.75, 3.05) is 33.2 Å². The first-order chi connectivity index (χ1) is 16.1. The fourth-order valence-electron chi connectivity index (χ4n) is 4.11. The minimum absolute atomic E-state index is 0.237. The molecule has 8 nitrogen and oxygen atoms in total. The van der Waals surface area contributed by atoms with Crippen LogP contribution in [0.15, 0.2) is 36.4 Å². The lowest BCUT2D eigenvalue weighted by Crippen LogP contribution is -2.58. The van der Waals surface area contributed by atoms with Crippen molar-refractivity contribution in [3.63, 3.8) is 0 Å². The van der Waals surface area contributed by atoms with Gasteiger partial charge in [-0.1, -0.05) is 12.1 Å². The van der Waals surface area contributed by atoms with E-state index in [4.69, 9.17) is 43.4 Å². The van der Waals surface area contributed by atoms with Crippen LogP contribution in [-0.4, -0.2) is 59.3 Å². The van der Waals surface area contributed by atoms with Crippen molar-refractivity contribution < 1.29 is 18.9 Å². The van der Waals surface area contributed by atoms with Gasteiger partial charge in [0.25, 0.3) is 0 Å². The van der Waals surface area contributed by atoms with Crippen LogP contribution in [0.3, 0.4) is 0 Å². The third-order valence-electron chi connectivity index (χ3n) is 5.94. The third kappa shape index (κ3) is 4.86. The largest absolute Gasteiger partial charge is 0.454 e. The second-order valence-electron chi connectivity index (χ2n) is 8.18. The maximum absolute atomic E-state index is 5.68. The average molecular weight is 487 g/mol. The molecule has 0 bridgehead atoms. The van der Waals surface area contributed by atoms with E-state index in [9.17, 15) is 0 Å². The van der Waals surface area contributed by atoms with Gasteiger partial charge in [0.05, 0.1) is 0 Å². The quantitative estimate of drug-likeness (QED) is 0.631. The summed E-state index contributed by atoms with van der Waals surface area (Å²) < 4.78 is 21.6. The zero-order valence-electron chi connectivity index (χ0n) is 18.3. The first-order valence-electron chi connectivity index (χ1n) is 10.9. The molecular formula is C23H26N4O4S2. The summed E-state index contributed by atoms with van der Waals surface area (Å²) in [7, 11) is 0. The second kappa shape index (κ2) is 9.48. The van der Waals surface area contributed by atoms with Crippen molar-refractivity contribution >= 4 is 34.7 Å². The summed E-state index contributed by atoms with van der Waals surface area (Å²) in [5.41, 5.74) is 2.20. The van der Waals surface area contributed by atoms with Gasteiger partial charge in [0, 0.05) is 38.8 Å². The minimum atomic E-state index is 0.237. The number of hydrogen-bond acceptors (Lipinski definition) is 6. The Morgan fingerprint density at radius 3 is 1.94 bits per heavy atom. The Morgan fingerprint density at radius 2 is 1.36 bits per heavy atom. The van der Waals surface area contributed by atoms with E-state index >= 15 is 0 Å². The van der Waals surface area contributed by atoms with Gasteiger partial charge < -0.3 is 39.4 Å². The van der Waals surface area contributed by atoms with Crippen molar-refractivity contribution in [3.05, 3.63) is 47.5 Å². The second-order valence-corrected chi connectivity index (χ2v) is 8.95. The first-order valence-corrected chi connectivity index (χ1v) is 11.7. The monoisotopic (exact) mass is 486 g/mol. The normalized spacial score (nSPS) is 18.3. The smallest absolute Gasteiger partial charge is 0.231 e. The number of nitrogens with one attached hydrogen (secondary N) is 2. The van der Waals surface area contributed by atoms with Crippen LogP contribution in [0.5, 0.6) is 23.0 Å². The van der Waals surface area contributed by atoms with Gasteiger partial charge in [-0.15, -0.1) is 0 Å². The highest BCUT2D eigenvalue weighted by Gasteiger charge is 2.27. The molecule has 2 N–H and O–H groups in total. The fraction of sp³-hybridized carbons (Fsp3) is 0.391. The summed E-state index contributed by atoms with van der Waals surface area (Å²) in [5.74, 6) is 3.14. The Labute approximate surface area is 203 Å². The van der Waals surface area contributed by atoms with Crippen molar-refractivity contribution in [3.8, 4) is 23.0 Å². The fourth-order valence-corrected chi connectivity index (χ4v) is 4.70. The highest BCUT2D eigenvalue weighted by Crippen LogP contribution is 2.33. The lowest BCUT2D eigenvalue weighted by atomic mass is 10.2. The van der Waals surface area contributed by atoms with Gasteiger partial charge in [0.2, 0.25) is 13.6 Å². The highest BCUT2D eigenvalue weighted by molar-refractivity contribution is 7.80. The molecule has 1 unspecified atom stereocenters. The maximum Gasteiger partial charge on any atom is 0.231 e. The molecule has 2 aromatic carbocycles. The third-order valence-corrected chi connectivity index (χ3v) is 6.72. The van der Waals surface area contributed by atoms with Gasteiger partial charge in [-0.25, -0.2) is 0 Å². The highest BCUT2D eigenvalue weighted by atomic mass is 32.1. The van der Waals surface area contributed by atoms with Gasteiger partial charge in [0.1, 0.15) is 0 Å². The molecule has 2 aromatic rings. The molecule has 10 heteroatoms. The molecule has 3 aliphatic heterocycles. The van der Waals surface area contributed by atoms with Crippen LogP contribution < -0.4 is 29.6 Å². The van der Waals surface area contributed by atoms with E-state index in [2.05, 4.69) is 27.4 Å². The van der Waals surface area contributed by atoms with E-state index in [1.165, 1.54) is 0 Å². The Kier molecular flexibility index (Phi) is 6.28. The molecular weight excluding hydrogens is 460 g/mol. The van der Waals surface area contributed by atoms with Crippen molar-refractivity contribution in [2.24, 2.45) is 0 Å². The molecule has 5 rings (SSSR count). The molecule has 3 heterocycles. The molecule has 1 saturated heterocycles. The summed E-state index contributed by atoms with van der Waals surface area (Å²) in [6, 6.07) is 12.1. The van der Waals surface area contributed by atoms with Crippen LogP contribution in [-0.2, 0) is 13.1 Å². The lowest BCUT2D eigenvalue weighted by molar-refractivity contribution is 0.173. The van der Waals surface area contributed by atoms with Gasteiger partial charge in [-0.3, -0.25) is 0 Å². The van der Waals surface area contributed by atoms with Gasteiger partial charge in [-0.2, -0.15) is 0 Å². The van der Waals surface area contributed by atoms with E-state index < -0.39 is 0 Å². The Morgan fingerprint density at radius 1 is 0.818 bits per heavy atom. The van der Waals surface area contributed by atoms with Gasteiger partial charge in [0.15, 0.2) is 33.2 Å². The average Bonchev–Trinajstić information content (AvgIpc) is 3.49. The van der Waals surface area contributed by atoms with Crippen LogP contribution in [0.2, 0.25) is 0 Å². The number of hydrogen-bond donors (Lipinski definition) is 2. The van der Waals surface area contributed by atoms with Gasteiger partial charge in [-0.05, 0) is 66.8 Å². The number of thiocarbonyl (C=S) groups is 2. The Hall–Kier alpha value is -2.98. The van der Waals surface area contributed by atoms with Crippen LogP contribution in [0.25, 0.3) is 0 Å². The van der Waals surface area contributed by atoms with Crippen molar-refractivity contribution in [2.45, 2.75) is 26.1 Å². The van der Waals surface area contributed by atoms with E-state index in [-0.39, 0.29) is 19.6 Å². The molecule has 3 aliphatic rings. The predicted octanol–water partition coefficient (Wildman–Crippen LogP) is 2.60. The molecule has 0 spiro atoms. The summed E-state index contributed by atoms with van der Waals surface area (Å²) in [6.07, 6.45) is 0. The summed E-state index contributed by atoms with van der Waals surface area (Å²) in [6.45, 7) is 6.42. The minimum Gasteiger partial charge on any atom is -0.454 e. The van der Waals surface area contributed by atoms with Gasteiger partial charge >= 0.3 is 0 Å². The van der Waals surface area contributed by atoms with E-state index in [1.54, 1.807) is 0 Å². The first kappa shape index (κ1) is 21.8. The molecule has 0 aliphatic carbocycles. The molecule has 0 aromatic heterocycles. The number of benzene rings is 2. The Bertz CT molecular complexity index is 1070. The molecule has 0 radical (unpaired) electrons. The predicted molar refractivity (Wildman–Crippen MR) is 132 cm³/mol. The molecule has 1 fully saturated rings. The summed E-state index contributed by atoms with van der Waals surface area (Å²) in [5, 5.41) is 8.23. The summed E-state index contributed by atoms with van der Waals surface area (Å²) >= 11 is 11.3. The van der Waals surface area contributed by atoms with Crippen molar-refractivity contribution in [1.29, 1.82) is 0 Å². The zero-order valence-corrected chi connectivity index (χ0v) is 20.0. The number of ether oxygens (including phenoxy) is 4. The number of fused-ring (bicyclic) bond motifs is 2. The number of piperazine rings is 1. The van der Waals surface area contributed by atoms with Crippen LogP contribution in [0, 0.1) is 0 Å². The molecule has 1 atom stereocenters. The Balaban J connectivity index is 1.09. The van der Waals surface area contributed by atoms with E-state index in [0.717, 1.165) is 64.0 Å². The SMILES string of the molecule is CC1CN(C(=S)NCc2ccc3c(c2)OCO3)CCN1C(=S)NCc1ccc2c(c1)OCO2. The molecule has 33 heavy (non-hydrogen) atoms.